The van der Waals surface area contributed by atoms with Crippen LogP contribution in [-0.2, 0) is 22.4 Å². The first-order valence-electron chi connectivity index (χ1n) is 11.9. The lowest BCUT2D eigenvalue weighted by molar-refractivity contribution is 0.0133. The monoisotopic (exact) mass is 533 g/mol. The van der Waals surface area contributed by atoms with Gasteiger partial charge in [-0.2, -0.15) is 0 Å². The zero-order chi connectivity index (χ0) is 26.7. The number of halogens is 2. The summed E-state index contributed by atoms with van der Waals surface area (Å²) < 4.78 is 39.6. The van der Waals surface area contributed by atoms with Crippen molar-refractivity contribution in [1.29, 1.82) is 0 Å². The molecule has 1 N–H and O–H groups in total. The van der Waals surface area contributed by atoms with Crippen molar-refractivity contribution in [3.63, 3.8) is 0 Å². The number of aromatic nitrogens is 2. The molecule has 1 atom stereocenters. The number of benzene rings is 1. The molecule has 3 heterocycles. The van der Waals surface area contributed by atoms with Gasteiger partial charge in [-0.05, 0) is 17.5 Å². The normalized spacial score (nSPS) is 15.5. The van der Waals surface area contributed by atoms with E-state index in [4.69, 9.17) is 9.47 Å². The molecule has 0 fully saturated rings. The van der Waals surface area contributed by atoms with E-state index >= 15 is 0 Å². The minimum Gasteiger partial charge on any atom is -0.503 e. The van der Waals surface area contributed by atoms with Crippen LogP contribution in [0.15, 0.2) is 35.4 Å². The van der Waals surface area contributed by atoms with Gasteiger partial charge in [0, 0.05) is 50.0 Å². The highest BCUT2D eigenvalue weighted by Gasteiger charge is 2.36. The molecule has 1 aliphatic rings. The lowest BCUT2D eigenvalue weighted by atomic mass is 10.1. The number of methoxy groups -OCH3 is 1. The molecule has 0 saturated heterocycles. The molecular weight excluding hydrogens is 504 g/mol. The largest absolute Gasteiger partial charge is 0.503 e. The van der Waals surface area contributed by atoms with Crippen LogP contribution in [-0.4, -0.2) is 65.0 Å². The van der Waals surface area contributed by atoms with Crippen LogP contribution in [0.5, 0.6) is 5.75 Å². The second-order valence-corrected chi connectivity index (χ2v) is 10.5. The number of hydrogen-bond acceptors (Lipinski definition) is 7. The summed E-state index contributed by atoms with van der Waals surface area (Å²) in [7, 11) is 1.58. The molecule has 0 saturated carbocycles. The van der Waals surface area contributed by atoms with E-state index in [2.05, 4.69) is 4.98 Å². The van der Waals surface area contributed by atoms with Crippen LogP contribution in [0.1, 0.15) is 34.8 Å². The maximum absolute atomic E-state index is 14.1. The van der Waals surface area contributed by atoms with Gasteiger partial charge in [-0.1, -0.05) is 19.9 Å². The highest BCUT2D eigenvalue weighted by atomic mass is 32.1. The van der Waals surface area contributed by atoms with Gasteiger partial charge in [0.15, 0.2) is 11.4 Å². The lowest BCUT2D eigenvalue weighted by Gasteiger charge is -2.38. The summed E-state index contributed by atoms with van der Waals surface area (Å²) in [6, 6.07) is 3.07. The molecular formula is C26H29F2N3O5S. The van der Waals surface area contributed by atoms with E-state index in [1.807, 2.05) is 13.8 Å². The van der Waals surface area contributed by atoms with E-state index in [1.54, 1.807) is 16.6 Å². The molecule has 11 heteroatoms. The van der Waals surface area contributed by atoms with Crippen molar-refractivity contribution in [3.05, 3.63) is 68.6 Å². The number of nitrogens with zero attached hydrogens (tertiary/aromatic N) is 3. The predicted octanol–water partition coefficient (Wildman–Crippen LogP) is 3.69. The molecule has 37 heavy (non-hydrogen) atoms. The van der Waals surface area contributed by atoms with Crippen LogP contribution in [0.4, 0.5) is 8.78 Å². The summed E-state index contributed by atoms with van der Waals surface area (Å²) in [6.07, 6.45) is 3.22. The molecule has 8 nitrogen and oxygen atoms in total. The Morgan fingerprint density at radius 1 is 1.24 bits per heavy atom. The second-order valence-electron chi connectivity index (χ2n) is 9.34. The Morgan fingerprint density at radius 3 is 2.73 bits per heavy atom. The van der Waals surface area contributed by atoms with E-state index in [0.717, 1.165) is 6.07 Å². The summed E-state index contributed by atoms with van der Waals surface area (Å²) in [5.74, 6) is -2.22. The molecule has 4 rings (SSSR count). The van der Waals surface area contributed by atoms with E-state index < -0.39 is 28.7 Å². The minimum atomic E-state index is -0.701. The Balaban J connectivity index is 1.65. The average Bonchev–Trinajstić information content (AvgIpc) is 3.31. The number of ether oxygens (including phenoxy) is 2. The van der Waals surface area contributed by atoms with Gasteiger partial charge in [0.2, 0.25) is 5.43 Å². The number of amides is 1. The van der Waals surface area contributed by atoms with Crippen LogP contribution in [0.25, 0.3) is 10.6 Å². The highest BCUT2D eigenvalue weighted by Crippen LogP contribution is 2.30. The fourth-order valence-electron chi connectivity index (χ4n) is 4.29. The Bertz CT molecular complexity index is 1340. The Morgan fingerprint density at radius 2 is 2.03 bits per heavy atom. The van der Waals surface area contributed by atoms with E-state index in [-0.39, 0.29) is 36.2 Å². The topological polar surface area (TPSA) is 93.9 Å². The first-order chi connectivity index (χ1) is 17.7. The number of pyridine rings is 1. The van der Waals surface area contributed by atoms with Crippen molar-refractivity contribution in [2.75, 3.05) is 33.5 Å². The van der Waals surface area contributed by atoms with Crippen molar-refractivity contribution >= 4 is 17.2 Å². The van der Waals surface area contributed by atoms with Crippen LogP contribution in [0, 0.1) is 17.6 Å². The molecule has 1 aromatic carbocycles. The molecule has 0 radical (unpaired) electrons. The molecule has 198 valence electrons. The molecule has 1 amide bonds. The SMILES string of the molecule is COCCOCC1Cn2cc(-c3ncc(Cc4ccc(F)cc4F)s3)c(=O)c(O)c2C(=O)N1CC(C)C. The van der Waals surface area contributed by atoms with Gasteiger partial charge in [0.25, 0.3) is 5.91 Å². The van der Waals surface area contributed by atoms with Gasteiger partial charge < -0.3 is 24.0 Å². The van der Waals surface area contributed by atoms with E-state index in [9.17, 15) is 23.5 Å². The van der Waals surface area contributed by atoms with Gasteiger partial charge in [-0.3, -0.25) is 9.59 Å². The molecule has 0 bridgehead atoms. The first-order valence-corrected chi connectivity index (χ1v) is 12.7. The van der Waals surface area contributed by atoms with Crippen molar-refractivity contribution in [3.8, 4) is 16.3 Å². The molecule has 1 aliphatic heterocycles. The third-order valence-corrected chi connectivity index (χ3v) is 7.07. The van der Waals surface area contributed by atoms with Crippen LogP contribution >= 0.6 is 11.3 Å². The highest BCUT2D eigenvalue weighted by molar-refractivity contribution is 7.15. The van der Waals surface area contributed by atoms with Crippen molar-refractivity contribution in [2.24, 2.45) is 5.92 Å². The number of carbonyl (C=O) groups excluding carboxylic acids is 1. The van der Waals surface area contributed by atoms with Crippen LogP contribution < -0.4 is 5.43 Å². The number of fused-ring (bicyclic) bond motifs is 1. The maximum atomic E-state index is 14.1. The summed E-state index contributed by atoms with van der Waals surface area (Å²) >= 11 is 1.17. The minimum absolute atomic E-state index is 0.0623. The van der Waals surface area contributed by atoms with Crippen molar-refractivity contribution in [2.45, 2.75) is 32.9 Å². The molecule has 0 spiro atoms. The predicted molar refractivity (Wildman–Crippen MR) is 135 cm³/mol. The van der Waals surface area contributed by atoms with Gasteiger partial charge >= 0.3 is 0 Å². The van der Waals surface area contributed by atoms with Crippen molar-refractivity contribution < 1.29 is 28.2 Å². The van der Waals surface area contributed by atoms with E-state index in [0.29, 0.717) is 41.8 Å². The molecule has 0 aliphatic carbocycles. The standard InChI is InChI=1S/C26H29F2N3O5S/c1-15(2)11-31-18(14-36-7-6-35-3)12-30-13-20(23(32)24(33)22(30)26(31)34)25-29-10-19(37-25)8-16-4-5-17(27)9-21(16)28/h4-5,9-10,13,15,18,33H,6-8,11-12,14H2,1-3H3. The average molecular weight is 534 g/mol. The Kier molecular flexibility index (Phi) is 8.35. The van der Waals surface area contributed by atoms with Crippen molar-refractivity contribution in [1.82, 2.24) is 14.5 Å². The zero-order valence-corrected chi connectivity index (χ0v) is 21.7. The smallest absolute Gasteiger partial charge is 0.274 e. The third-order valence-electron chi connectivity index (χ3n) is 6.04. The van der Waals surface area contributed by atoms with Gasteiger partial charge in [0.05, 0.1) is 31.4 Å². The Hall–Kier alpha value is -3.15. The number of hydrogen-bond donors (Lipinski definition) is 1. The fourth-order valence-corrected chi connectivity index (χ4v) is 5.24. The summed E-state index contributed by atoms with van der Waals surface area (Å²) in [5.41, 5.74) is -0.324. The molecule has 3 aromatic rings. The first kappa shape index (κ1) is 26.9. The zero-order valence-electron chi connectivity index (χ0n) is 20.9. The number of thiazole rings is 1. The summed E-state index contributed by atoms with van der Waals surface area (Å²) in [5, 5.41) is 11.1. The van der Waals surface area contributed by atoms with Crippen LogP contribution in [0.2, 0.25) is 0 Å². The summed E-state index contributed by atoms with van der Waals surface area (Å²) in [4.78, 5) is 33.1. The van der Waals surface area contributed by atoms with E-state index in [1.165, 1.54) is 35.9 Å². The number of aromatic hydroxyl groups is 1. The van der Waals surface area contributed by atoms with Gasteiger partial charge in [0.1, 0.15) is 16.6 Å². The molecule has 1 unspecified atom stereocenters. The Labute approximate surface area is 217 Å². The lowest BCUT2D eigenvalue weighted by Crippen LogP contribution is -2.52. The number of rotatable bonds is 10. The summed E-state index contributed by atoms with van der Waals surface area (Å²) in [6.45, 7) is 5.81. The second kappa shape index (κ2) is 11.5. The van der Waals surface area contributed by atoms with Gasteiger partial charge in [-0.15, -0.1) is 11.3 Å². The van der Waals surface area contributed by atoms with Gasteiger partial charge in [-0.25, -0.2) is 13.8 Å². The maximum Gasteiger partial charge on any atom is 0.274 e. The molecule has 2 aromatic heterocycles. The quantitative estimate of drug-likeness (QED) is 0.400. The fraction of sp³-hybridized carbons (Fsp3) is 0.423. The van der Waals surface area contributed by atoms with Crippen LogP contribution in [0.3, 0.4) is 0 Å². The number of carbonyl (C=O) groups is 1. The third kappa shape index (κ3) is 5.89.